The zero-order valence-electron chi connectivity index (χ0n) is 34.3. The van der Waals surface area contributed by atoms with Gasteiger partial charge >= 0.3 is 0 Å². The SMILES string of the molecule is CC.CC.CC.CC.CC.COC.COC.CS(C)(=O)=O.CSC.c1ccccc1.c1ccccc1.c1ccccc1.c1ccccc1. The molecule has 4 aromatic carbocycles. The fourth-order valence-corrected chi connectivity index (χ4v) is 1.54. The summed E-state index contributed by atoms with van der Waals surface area (Å²) in [5.41, 5.74) is 0. The van der Waals surface area contributed by atoms with Crippen LogP contribution in [0.4, 0.5) is 0 Å². The van der Waals surface area contributed by atoms with Gasteiger partial charge in [-0.3, -0.25) is 0 Å². The lowest BCUT2D eigenvalue weighted by atomic mass is 10.4. The average molecular weight is 711 g/mol. The van der Waals surface area contributed by atoms with Crippen LogP contribution in [0.3, 0.4) is 0 Å². The Bertz CT molecular complexity index is 681. The molecule has 4 aromatic rings. The van der Waals surface area contributed by atoms with E-state index in [1.54, 1.807) is 40.2 Å². The average Bonchev–Trinajstić information content (AvgIpc) is 3.17. The Labute approximate surface area is 306 Å². The summed E-state index contributed by atoms with van der Waals surface area (Å²) in [4.78, 5) is 0. The molecule has 4 rings (SSSR count). The van der Waals surface area contributed by atoms with Gasteiger partial charge in [-0.1, -0.05) is 215 Å². The molecule has 0 amide bonds. The molecule has 282 valence electrons. The number of hydrogen-bond acceptors (Lipinski definition) is 5. The zero-order valence-corrected chi connectivity index (χ0v) is 35.9. The van der Waals surface area contributed by atoms with Crippen LogP contribution in [0, 0.1) is 0 Å². The van der Waals surface area contributed by atoms with Crippen LogP contribution in [0.2, 0.25) is 0 Å². The molecule has 0 aliphatic rings. The first kappa shape index (κ1) is 67.3. The first-order valence-electron chi connectivity index (χ1n) is 16.6. The summed E-state index contributed by atoms with van der Waals surface area (Å²) in [6.45, 7) is 20.0. The number of thioether (sulfide) groups is 1. The van der Waals surface area contributed by atoms with Crippen LogP contribution < -0.4 is 0 Å². The Hall–Kier alpha value is -2.90. The number of hydrogen-bond donors (Lipinski definition) is 0. The van der Waals surface area contributed by atoms with E-state index in [-0.39, 0.29) is 0 Å². The van der Waals surface area contributed by atoms with Crippen LogP contribution in [0.25, 0.3) is 0 Å². The van der Waals surface area contributed by atoms with Crippen LogP contribution in [0.1, 0.15) is 69.2 Å². The lowest BCUT2D eigenvalue weighted by Gasteiger charge is -1.69. The molecule has 0 N–H and O–H groups in total. The highest BCUT2D eigenvalue weighted by atomic mass is 32.2. The second-order valence-electron chi connectivity index (χ2n) is 6.99. The second kappa shape index (κ2) is 90.4. The van der Waals surface area contributed by atoms with Crippen molar-refractivity contribution in [3.05, 3.63) is 146 Å². The highest BCUT2D eigenvalue weighted by molar-refractivity contribution is 7.97. The van der Waals surface area contributed by atoms with E-state index in [1.165, 1.54) is 0 Å². The number of ether oxygens (including phenoxy) is 2. The van der Waals surface area contributed by atoms with Crippen LogP contribution in [0.5, 0.6) is 0 Å². The van der Waals surface area contributed by atoms with Crippen LogP contribution in [-0.4, -0.2) is 61.9 Å². The molecule has 0 fully saturated rings. The molecule has 0 bridgehead atoms. The zero-order chi connectivity index (χ0) is 39.6. The van der Waals surface area contributed by atoms with Crippen LogP contribution in [0.15, 0.2) is 146 Å². The molecule has 0 unspecified atom stereocenters. The molecule has 0 atom stereocenters. The fourth-order valence-electron chi connectivity index (χ4n) is 1.54. The third kappa shape index (κ3) is 172. The predicted molar refractivity (Wildman–Crippen MR) is 229 cm³/mol. The van der Waals surface area contributed by atoms with Gasteiger partial charge in [-0.05, 0) is 12.5 Å². The first-order valence-corrected chi connectivity index (χ1v) is 20.5. The number of methoxy groups -OCH3 is 2. The van der Waals surface area contributed by atoms with Gasteiger partial charge in [0.15, 0.2) is 0 Å². The van der Waals surface area contributed by atoms with E-state index in [2.05, 4.69) is 9.47 Å². The lowest BCUT2D eigenvalue weighted by Crippen LogP contribution is -1.86. The minimum absolute atomic E-state index is 1.16. The smallest absolute Gasteiger partial charge is 0.144 e. The molecule has 0 aliphatic carbocycles. The summed E-state index contributed by atoms with van der Waals surface area (Å²) in [6.07, 6.45) is 6.40. The van der Waals surface area contributed by atoms with Gasteiger partial charge in [0.05, 0.1) is 0 Å². The van der Waals surface area contributed by atoms with E-state index in [0.29, 0.717) is 0 Å². The van der Waals surface area contributed by atoms with Gasteiger partial charge in [-0.2, -0.15) is 11.8 Å². The monoisotopic (exact) mass is 711 g/mol. The number of benzene rings is 4. The van der Waals surface area contributed by atoms with Crippen molar-refractivity contribution in [2.45, 2.75) is 69.2 Å². The van der Waals surface area contributed by atoms with Gasteiger partial charge in [0.25, 0.3) is 0 Å². The summed E-state index contributed by atoms with van der Waals surface area (Å²) in [7, 11) is 3.83. The standard InChI is InChI=1S/4C6H6.C2H6O2S.2C2H6O.C2H6S.5C2H6/c4*1-2-4-6-5-3-1;1-5(2,3)4;3*1-3-2;5*1-2/h4*1-6H;1-2H3;3*1-2H3;5*1-2H3. The Balaban J connectivity index is -0.0000000505. The summed E-state index contributed by atoms with van der Waals surface area (Å²) in [5.74, 6) is 0. The third-order valence-electron chi connectivity index (χ3n) is 2.67. The van der Waals surface area contributed by atoms with Crippen molar-refractivity contribution in [3.8, 4) is 0 Å². The molecule has 0 radical (unpaired) electrons. The van der Waals surface area contributed by atoms with E-state index in [1.807, 2.05) is 227 Å². The molecule has 0 heterocycles. The second-order valence-corrected chi connectivity index (χ2v) is 10.1. The minimum atomic E-state index is -2.67. The minimum Gasteiger partial charge on any atom is -0.388 e. The van der Waals surface area contributed by atoms with Crippen molar-refractivity contribution in [2.24, 2.45) is 0 Å². The van der Waals surface area contributed by atoms with Gasteiger partial charge < -0.3 is 9.47 Å². The molecule has 6 heteroatoms. The van der Waals surface area contributed by atoms with Crippen molar-refractivity contribution in [1.29, 1.82) is 0 Å². The van der Waals surface area contributed by atoms with E-state index >= 15 is 0 Å². The van der Waals surface area contributed by atoms with E-state index in [9.17, 15) is 8.42 Å². The molecule has 0 saturated heterocycles. The lowest BCUT2D eigenvalue weighted by molar-refractivity contribution is 0.277. The van der Waals surface area contributed by atoms with Gasteiger partial charge in [0, 0.05) is 41.0 Å². The Kier molecular flexibility index (Phi) is 127. The van der Waals surface area contributed by atoms with Gasteiger partial charge in [-0.15, -0.1) is 0 Å². The largest absolute Gasteiger partial charge is 0.388 e. The van der Waals surface area contributed by atoms with E-state index < -0.39 is 9.84 Å². The molecular formula is C42H78O4S2. The summed E-state index contributed by atoms with van der Waals surface area (Å²) in [6, 6.07) is 48.0. The predicted octanol–water partition coefficient (Wildman–Crippen LogP) is 13.0. The quantitative estimate of drug-likeness (QED) is 0.182. The Morgan fingerprint density at radius 1 is 0.312 bits per heavy atom. The molecule has 4 nitrogen and oxygen atoms in total. The molecule has 48 heavy (non-hydrogen) atoms. The van der Waals surface area contributed by atoms with Crippen molar-refractivity contribution >= 4 is 21.6 Å². The Morgan fingerprint density at radius 3 is 0.354 bits per heavy atom. The van der Waals surface area contributed by atoms with Crippen molar-refractivity contribution in [2.75, 3.05) is 53.5 Å². The maximum atomic E-state index is 9.63. The van der Waals surface area contributed by atoms with E-state index in [0.717, 1.165) is 12.5 Å². The molecule has 0 saturated carbocycles. The molecular weight excluding hydrogens is 633 g/mol. The normalized spacial score (nSPS) is 6.96. The highest BCUT2D eigenvalue weighted by Crippen LogP contribution is 1.81. The molecule has 0 aromatic heterocycles. The van der Waals surface area contributed by atoms with E-state index in [4.69, 9.17) is 0 Å². The summed E-state index contributed by atoms with van der Waals surface area (Å²) in [5, 5.41) is 0. The van der Waals surface area contributed by atoms with Crippen LogP contribution >= 0.6 is 11.8 Å². The first-order chi connectivity index (χ1) is 23.2. The van der Waals surface area contributed by atoms with Gasteiger partial charge in [-0.25, -0.2) is 8.42 Å². The van der Waals surface area contributed by atoms with Gasteiger partial charge in [0.1, 0.15) is 9.84 Å². The van der Waals surface area contributed by atoms with Crippen molar-refractivity contribution in [3.63, 3.8) is 0 Å². The summed E-state index contributed by atoms with van der Waals surface area (Å²) < 4.78 is 27.8. The van der Waals surface area contributed by atoms with Gasteiger partial charge in [0.2, 0.25) is 0 Å². The molecule has 0 spiro atoms. The summed E-state index contributed by atoms with van der Waals surface area (Å²) >= 11 is 1.75. The topological polar surface area (TPSA) is 52.6 Å². The number of rotatable bonds is 0. The highest BCUT2D eigenvalue weighted by Gasteiger charge is 1.79. The maximum absolute atomic E-state index is 9.63. The fraction of sp³-hybridized carbons (Fsp3) is 0.429. The number of sulfone groups is 1. The van der Waals surface area contributed by atoms with Crippen LogP contribution in [-0.2, 0) is 19.3 Å². The molecule has 0 aliphatic heterocycles. The van der Waals surface area contributed by atoms with Crippen molar-refractivity contribution in [1.82, 2.24) is 0 Å². The van der Waals surface area contributed by atoms with Crippen molar-refractivity contribution < 1.29 is 17.9 Å². The third-order valence-corrected chi connectivity index (χ3v) is 2.67. The Morgan fingerprint density at radius 2 is 0.333 bits per heavy atom. The maximum Gasteiger partial charge on any atom is 0.144 e.